The number of nitrogens with zero attached hydrogens (tertiary/aromatic N) is 4. The molecular formula is C34H39ClN4O7. The second-order valence-electron chi connectivity index (χ2n) is 11.5. The molecule has 0 bridgehead atoms. The summed E-state index contributed by atoms with van der Waals surface area (Å²) in [6.07, 6.45) is 0.404. The van der Waals surface area contributed by atoms with Crippen LogP contribution in [0.4, 0.5) is 11.4 Å². The highest BCUT2D eigenvalue weighted by Gasteiger charge is 2.32. The first-order valence-electron chi connectivity index (χ1n) is 14.8. The molecule has 1 aliphatic carbocycles. The number of ether oxygens (including phenoxy) is 2. The molecule has 1 fully saturated rings. The number of methoxy groups -OCH3 is 1. The lowest BCUT2D eigenvalue weighted by Crippen LogP contribution is -3.00. The van der Waals surface area contributed by atoms with Crippen LogP contribution in [0.15, 0.2) is 52.9 Å². The second-order valence-corrected chi connectivity index (χ2v) is 11.5. The molecule has 1 saturated heterocycles. The zero-order valence-electron chi connectivity index (χ0n) is 27.2. The van der Waals surface area contributed by atoms with Crippen molar-refractivity contribution in [2.45, 2.75) is 25.7 Å². The summed E-state index contributed by atoms with van der Waals surface area (Å²) in [5, 5.41) is 2.49. The maximum Gasteiger partial charge on any atom is 0.333 e. The van der Waals surface area contributed by atoms with Gasteiger partial charge < -0.3 is 40.9 Å². The van der Waals surface area contributed by atoms with E-state index in [2.05, 4.69) is 24.3 Å². The molecule has 0 radical (unpaired) electrons. The van der Waals surface area contributed by atoms with Crippen LogP contribution in [-0.4, -0.2) is 78.8 Å². The number of hydroxylamine groups is 2. The minimum absolute atomic E-state index is 0. The summed E-state index contributed by atoms with van der Waals surface area (Å²) in [6, 6.07) is 16.2. The Labute approximate surface area is 274 Å². The number of benzene rings is 3. The van der Waals surface area contributed by atoms with Gasteiger partial charge in [0.25, 0.3) is 11.8 Å². The fraction of sp³-hybridized carbons (Fsp3) is 0.353. The van der Waals surface area contributed by atoms with Gasteiger partial charge in [0.15, 0.2) is 0 Å². The van der Waals surface area contributed by atoms with E-state index in [1.807, 2.05) is 80.9 Å². The molecule has 0 unspecified atom stereocenters. The molecule has 0 aromatic heterocycles. The Hall–Kier alpha value is -4.77. The van der Waals surface area contributed by atoms with Crippen LogP contribution in [0.5, 0.6) is 11.5 Å². The molecule has 2 amide bonds. The standard InChI is InChI=1S/C34H39N4O7.ClH/c1-35(2)21-10-12-23-28(17-21)44-29-18-22(36(3)4)11-13-24(29)34(23)25-19-30(26(37(5)6)20-27(25)42-7)43-16-8-9-33(41)45-38-31(39)14-15-32(38)40;/h10-13,17-20H,8-9,14-16H2,1-7H3;1H/q+1;/p-1. The molecule has 0 N–H and O–H groups in total. The smallest absolute Gasteiger partial charge is 0.333 e. The van der Waals surface area contributed by atoms with E-state index in [4.69, 9.17) is 18.7 Å². The van der Waals surface area contributed by atoms with E-state index < -0.39 is 17.8 Å². The summed E-state index contributed by atoms with van der Waals surface area (Å²) < 4.78 is 20.7. The van der Waals surface area contributed by atoms with E-state index in [-0.39, 0.29) is 38.3 Å². The number of halogens is 1. The van der Waals surface area contributed by atoms with Crippen molar-refractivity contribution >= 4 is 40.1 Å². The van der Waals surface area contributed by atoms with Gasteiger partial charge in [-0.15, -0.1) is 5.06 Å². The summed E-state index contributed by atoms with van der Waals surface area (Å²) in [4.78, 5) is 44.8. The van der Waals surface area contributed by atoms with Gasteiger partial charge in [-0.25, -0.2) is 9.37 Å². The van der Waals surface area contributed by atoms with E-state index in [0.29, 0.717) is 23.0 Å². The molecule has 3 aliphatic rings. The lowest BCUT2D eigenvalue weighted by Gasteiger charge is -2.23. The Morgan fingerprint density at radius 2 is 1.63 bits per heavy atom. The summed E-state index contributed by atoms with van der Waals surface area (Å²) in [6.45, 7) is 0.202. The average Bonchev–Trinajstić information content (AvgIpc) is 3.32. The summed E-state index contributed by atoms with van der Waals surface area (Å²) in [5.41, 5.74) is 5.22. The lowest BCUT2D eigenvalue weighted by molar-refractivity contribution is -0.197. The maximum atomic E-state index is 12.3. The number of anilines is 2. The summed E-state index contributed by atoms with van der Waals surface area (Å²) >= 11 is 0. The van der Waals surface area contributed by atoms with Crippen LogP contribution in [0, 0.1) is 0 Å². The number of carbonyl (C=O) groups excluding carboxylic acids is 3. The van der Waals surface area contributed by atoms with Gasteiger partial charge in [-0.1, -0.05) is 0 Å². The van der Waals surface area contributed by atoms with Crippen LogP contribution < -0.4 is 41.6 Å². The maximum absolute atomic E-state index is 12.3. The number of rotatable bonds is 10. The molecule has 244 valence electrons. The van der Waals surface area contributed by atoms with E-state index in [9.17, 15) is 14.4 Å². The molecule has 2 aromatic rings. The quantitative estimate of drug-likeness (QED) is 0.108. The molecule has 2 aromatic carbocycles. The van der Waals surface area contributed by atoms with Crippen molar-refractivity contribution in [3.8, 4) is 33.9 Å². The van der Waals surface area contributed by atoms with Crippen molar-refractivity contribution < 1.29 is 45.5 Å². The minimum Gasteiger partial charge on any atom is -1.00 e. The Bertz CT molecular complexity index is 1810. The third kappa shape index (κ3) is 6.89. The van der Waals surface area contributed by atoms with Gasteiger partial charge in [0.2, 0.25) is 5.36 Å². The fourth-order valence-corrected chi connectivity index (χ4v) is 5.30. The Kier molecular flexibility index (Phi) is 10.5. The first-order chi connectivity index (χ1) is 21.5. The molecule has 0 saturated carbocycles. The van der Waals surface area contributed by atoms with E-state index >= 15 is 0 Å². The molecule has 11 nitrogen and oxygen atoms in total. The predicted molar refractivity (Wildman–Crippen MR) is 173 cm³/mol. The van der Waals surface area contributed by atoms with Crippen LogP contribution in [0.3, 0.4) is 0 Å². The van der Waals surface area contributed by atoms with Gasteiger partial charge in [-0.05, 0) is 30.7 Å². The zero-order chi connectivity index (χ0) is 32.4. The average molecular weight is 651 g/mol. The molecule has 2 aliphatic heterocycles. The number of hydrogen-bond acceptors (Lipinski definition) is 9. The molecular weight excluding hydrogens is 612 g/mol. The SMILES string of the molecule is COc1cc(N(C)C)c(OCCCC(=O)ON2C(=O)CCC2=O)cc1-c1c2ccc(=[N+](C)C)cc-2oc2cc(N(C)C)ccc12.[Cl-]. The largest absolute Gasteiger partial charge is 1.00 e. The number of amides is 2. The fourth-order valence-electron chi connectivity index (χ4n) is 5.30. The van der Waals surface area contributed by atoms with Gasteiger partial charge in [-0.2, -0.15) is 0 Å². The van der Waals surface area contributed by atoms with Crippen molar-refractivity contribution in [1.82, 2.24) is 9.64 Å². The number of carbonyl (C=O) groups is 3. The number of hydrogen-bond donors (Lipinski definition) is 0. The highest BCUT2D eigenvalue weighted by atomic mass is 35.5. The third-order valence-corrected chi connectivity index (χ3v) is 7.74. The molecule has 12 heteroatoms. The number of imide groups is 1. The Morgan fingerprint density at radius 1 is 0.913 bits per heavy atom. The minimum atomic E-state index is -0.661. The monoisotopic (exact) mass is 650 g/mol. The van der Waals surface area contributed by atoms with Crippen LogP contribution in [0.2, 0.25) is 0 Å². The summed E-state index contributed by atoms with van der Waals surface area (Å²) in [7, 11) is 13.4. The van der Waals surface area contributed by atoms with Gasteiger partial charge >= 0.3 is 5.97 Å². The van der Waals surface area contributed by atoms with Crippen LogP contribution in [-0.2, 0) is 19.2 Å². The van der Waals surface area contributed by atoms with Crippen LogP contribution >= 0.6 is 0 Å². The molecule has 46 heavy (non-hydrogen) atoms. The lowest BCUT2D eigenvalue weighted by atomic mass is 9.92. The van der Waals surface area contributed by atoms with Gasteiger partial charge in [0, 0.05) is 87.0 Å². The molecule has 2 heterocycles. The first-order valence-corrected chi connectivity index (χ1v) is 14.8. The van der Waals surface area contributed by atoms with E-state index in [0.717, 1.165) is 50.2 Å². The van der Waals surface area contributed by atoms with Crippen molar-refractivity contribution in [2.75, 3.05) is 65.8 Å². The van der Waals surface area contributed by atoms with Gasteiger partial charge in [0.05, 0.1) is 31.9 Å². The van der Waals surface area contributed by atoms with E-state index in [1.54, 1.807) is 7.11 Å². The second kappa shape index (κ2) is 14.1. The van der Waals surface area contributed by atoms with Crippen molar-refractivity contribution in [1.29, 1.82) is 0 Å². The van der Waals surface area contributed by atoms with Crippen molar-refractivity contribution in [2.24, 2.45) is 0 Å². The molecule has 0 spiro atoms. The highest BCUT2D eigenvalue weighted by molar-refractivity contribution is 6.04. The number of fused-ring (bicyclic) bond motifs is 2. The van der Waals surface area contributed by atoms with Gasteiger partial charge in [-0.3, -0.25) is 9.59 Å². The highest BCUT2D eigenvalue weighted by Crippen LogP contribution is 2.47. The van der Waals surface area contributed by atoms with Crippen LogP contribution in [0.25, 0.3) is 33.4 Å². The predicted octanol–water partition coefficient (Wildman–Crippen LogP) is 1.15. The zero-order valence-corrected chi connectivity index (χ0v) is 27.9. The first kappa shape index (κ1) is 34.1. The van der Waals surface area contributed by atoms with E-state index in [1.165, 1.54) is 0 Å². The van der Waals surface area contributed by atoms with Crippen molar-refractivity contribution in [3.63, 3.8) is 0 Å². The van der Waals surface area contributed by atoms with Crippen LogP contribution in [0.1, 0.15) is 25.7 Å². The third-order valence-electron chi connectivity index (χ3n) is 7.74. The normalized spacial score (nSPS) is 12.7. The van der Waals surface area contributed by atoms with Gasteiger partial charge in [0.1, 0.15) is 36.9 Å². The summed E-state index contributed by atoms with van der Waals surface area (Å²) in [5.74, 6) is 0.328. The Morgan fingerprint density at radius 3 is 2.26 bits per heavy atom. The molecule has 0 atom stereocenters. The Balaban J connectivity index is 0.00000480. The molecule has 5 rings (SSSR count). The van der Waals surface area contributed by atoms with Crippen molar-refractivity contribution in [3.05, 3.63) is 53.9 Å². The topological polar surface area (TPSA) is 105 Å².